The van der Waals surface area contributed by atoms with E-state index in [1.54, 1.807) is 0 Å². The van der Waals surface area contributed by atoms with E-state index in [9.17, 15) is 19.8 Å². The zero-order chi connectivity index (χ0) is 22.2. The molecule has 0 radical (unpaired) electrons. The van der Waals surface area contributed by atoms with E-state index in [1.165, 1.54) is 4.90 Å². The molecule has 2 saturated heterocycles. The lowest BCUT2D eigenvalue weighted by molar-refractivity contribution is -0.143. The first-order chi connectivity index (χ1) is 15.5. The summed E-state index contributed by atoms with van der Waals surface area (Å²) in [5.41, 5.74) is 1.65. The number of oxime groups is 1. The van der Waals surface area contributed by atoms with E-state index in [0.29, 0.717) is 31.8 Å². The Morgan fingerprint density at radius 1 is 1.06 bits per heavy atom. The summed E-state index contributed by atoms with van der Waals surface area (Å²) in [5.74, 6) is -2.22. The fourth-order valence-corrected chi connectivity index (χ4v) is 5.98. The van der Waals surface area contributed by atoms with Gasteiger partial charge in [-0.15, -0.1) is 0 Å². The molecule has 0 unspecified atom stereocenters. The van der Waals surface area contributed by atoms with Crippen LogP contribution < -0.4 is 0 Å². The Kier molecular flexibility index (Phi) is 6.01. The van der Waals surface area contributed by atoms with Crippen LogP contribution >= 0.6 is 0 Å². The summed E-state index contributed by atoms with van der Waals surface area (Å²) in [5, 5.41) is 25.7. The number of aliphatic hydroxyl groups excluding tert-OH is 2. The van der Waals surface area contributed by atoms with E-state index >= 15 is 0 Å². The van der Waals surface area contributed by atoms with Gasteiger partial charge in [-0.3, -0.25) is 14.5 Å². The minimum atomic E-state index is -1.07. The second-order valence-corrected chi connectivity index (χ2v) is 9.42. The number of imide groups is 1. The van der Waals surface area contributed by atoms with Crippen molar-refractivity contribution >= 4 is 17.5 Å². The molecule has 32 heavy (non-hydrogen) atoms. The zero-order valence-electron chi connectivity index (χ0n) is 18.0. The van der Waals surface area contributed by atoms with Gasteiger partial charge in [-0.1, -0.05) is 35.5 Å². The fraction of sp³-hybridized carbons (Fsp3) is 0.625. The summed E-state index contributed by atoms with van der Waals surface area (Å²) in [4.78, 5) is 33.3. The first-order valence-corrected chi connectivity index (χ1v) is 11.6. The average molecular weight is 443 g/mol. The maximum atomic E-state index is 13.3. The lowest BCUT2D eigenvalue weighted by Gasteiger charge is -2.45. The molecule has 0 spiro atoms. The zero-order valence-corrected chi connectivity index (χ0v) is 18.0. The van der Waals surface area contributed by atoms with Crippen LogP contribution in [0.3, 0.4) is 0 Å². The number of hydrogen-bond donors (Lipinski definition) is 2. The predicted molar refractivity (Wildman–Crippen MR) is 114 cm³/mol. The highest BCUT2D eigenvalue weighted by Crippen LogP contribution is 2.49. The maximum Gasteiger partial charge on any atom is 0.233 e. The standard InChI is InChI=1S/C24H30N2O6/c27-19-11-18(25-32-13-14-5-2-1-3-6-14)16-8-9-17-21(20(16)22(19)28)24(30)26(23(17)29)12-15-7-4-10-31-15/h1-3,5-6,15-17,19-22,27-28H,4,7-13H2/b25-18-/t15-,16+,17-,19+,20-,21+,22+/m0/s1. The van der Waals surface area contributed by atoms with E-state index in [4.69, 9.17) is 9.57 Å². The topological polar surface area (TPSA) is 109 Å². The van der Waals surface area contributed by atoms with Gasteiger partial charge in [-0.05, 0) is 31.2 Å². The number of rotatable bonds is 5. The molecular formula is C24H30N2O6. The minimum Gasteiger partial charge on any atom is -0.391 e. The van der Waals surface area contributed by atoms with Crippen LogP contribution in [0.1, 0.15) is 37.7 Å². The number of carbonyl (C=O) groups excluding carboxylic acids is 2. The lowest BCUT2D eigenvalue weighted by Crippen LogP contribution is -2.54. The summed E-state index contributed by atoms with van der Waals surface area (Å²) in [7, 11) is 0. The number of benzene rings is 1. The Hall–Kier alpha value is -2.29. The fourth-order valence-electron chi connectivity index (χ4n) is 5.98. The number of nitrogens with zero attached hydrogens (tertiary/aromatic N) is 2. The number of fused-ring (bicyclic) bond motifs is 3. The van der Waals surface area contributed by atoms with E-state index < -0.39 is 30.0 Å². The smallest absolute Gasteiger partial charge is 0.233 e. The number of likely N-dealkylation sites (tertiary alicyclic amines) is 1. The Labute approximate surface area is 187 Å². The van der Waals surface area contributed by atoms with Crippen molar-refractivity contribution in [3.8, 4) is 0 Å². The SMILES string of the molecule is O=C1[C@H]2[C@H]3[C@H](O)[C@H](O)C/C(=N/OCc4ccccc4)[C@H]3CC[C@@H]2C(=O)N1C[C@@H]1CCCO1. The molecule has 5 rings (SSSR count). The number of hydrogen-bond acceptors (Lipinski definition) is 7. The third-order valence-corrected chi connectivity index (χ3v) is 7.54. The average Bonchev–Trinajstić information content (AvgIpc) is 3.40. The Bertz CT molecular complexity index is 884. The van der Waals surface area contributed by atoms with Gasteiger partial charge in [0.15, 0.2) is 0 Å². The van der Waals surface area contributed by atoms with E-state index in [1.807, 2.05) is 30.3 Å². The Morgan fingerprint density at radius 3 is 2.59 bits per heavy atom. The first kappa shape index (κ1) is 21.6. The largest absolute Gasteiger partial charge is 0.391 e. The lowest BCUT2D eigenvalue weighted by atomic mass is 9.60. The Balaban J connectivity index is 1.35. The summed E-state index contributed by atoms with van der Waals surface area (Å²) in [6.07, 6.45) is 0.973. The van der Waals surface area contributed by atoms with Crippen LogP contribution in [0.5, 0.6) is 0 Å². The van der Waals surface area contributed by atoms with Crippen LogP contribution in [0, 0.1) is 23.7 Å². The van der Waals surface area contributed by atoms with Crippen LogP contribution in [-0.4, -0.2) is 64.1 Å². The van der Waals surface area contributed by atoms with Gasteiger partial charge < -0.3 is 19.8 Å². The summed E-state index contributed by atoms with van der Waals surface area (Å²) in [6.45, 7) is 1.24. The van der Waals surface area contributed by atoms with Crippen LogP contribution in [0.4, 0.5) is 0 Å². The molecule has 2 N–H and O–H groups in total. The molecule has 0 aromatic heterocycles. The van der Waals surface area contributed by atoms with Gasteiger partial charge in [0.25, 0.3) is 0 Å². The summed E-state index contributed by atoms with van der Waals surface area (Å²) in [6, 6.07) is 9.67. The molecule has 1 aromatic rings. The van der Waals surface area contributed by atoms with Gasteiger partial charge in [-0.25, -0.2) is 0 Å². The molecule has 172 valence electrons. The molecule has 2 aliphatic carbocycles. The van der Waals surface area contributed by atoms with E-state index in [0.717, 1.165) is 18.4 Å². The number of carbonyl (C=O) groups is 2. The molecule has 4 aliphatic rings. The van der Waals surface area contributed by atoms with Crippen molar-refractivity contribution < 1.29 is 29.4 Å². The highest BCUT2D eigenvalue weighted by atomic mass is 16.6. The summed E-state index contributed by atoms with van der Waals surface area (Å²) < 4.78 is 5.64. The minimum absolute atomic E-state index is 0.107. The molecule has 2 amide bonds. The quantitative estimate of drug-likeness (QED) is 0.528. The molecule has 1 aromatic carbocycles. The molecule has 8 heteroatoms. The van der Waals surface area contributed by atoms with Crippen LogP contribution in [0.2, 0.25) is 0 Å². The predicted octanol–water partition coefficient (Wildman–Crippen LogP) is 1.49. The molecule has 2 aliphatic heterocycles. The molecule has 7 atom stereocenters. The number of amides is 2. The van der Waals surface area contributed by atoms with Crippen LogP contribution in [0.25, 0.3) is 0 Å². The maximum absolute atomic E-state index is 13.3. The van der Waals surface area contributed by atoms with Crippen molar-refractivity contribution in [1.29, 1.82) is 0 Å². The summed E-state index contributed by atoms with van der Waals surface area (Å²) >= 11 is 0. The highest BCUT2D eigenvalue weighted by Gasteiger charge is 2.59. The van der Waals surface area contributed by atoms with Crippen molar-refractivity contribution in [2.24, 2.45) is 28.8 Å². The second-order valence-electron chi connectivity index (χ2n) is 9.42. The third kappa shape index (κ3) is 3.84. The van der Waals surface area contributed by atoms with Crippen molar-refractivity contribution in [3.63, 3.8) is 0 Å². The molecule has 0 bridgehead atoms. The molecule has 2 saturated carbocycles. The third-order valence-electron chi connectivity index (χ3n) is 7.54. The van der Waals surface area contributed by atoms with E-state index in [2.05, 4.69) is 5.16 Å². The van der Waals surface area contributed by atoms with Gasteiger partial charge in [0.1, 0.15) is 6.61 Å². The number of ether oxygens (including phenoxy) is 1. The van der Waals surface area contributed by atoms with Gasteiger partial charge in [0.2, 0.25) is 11.8 Å². The molecular weight excluding hydrogens is 412 g/mol. The van der Waals surface area contributed by atoms with Crippen molar-refractivity contribution in [2.45, 2.75) is 57.0 Å². The monoisotopic (exact) mass is 442 g/mol. The van der Waals surface area contributed by atoms with Gasteiger partial charge >= 0.3 is 0 Å². The Morgan fingerprint density at radius 2 is 1.84 bits per heavy atom. The second kappa shape index (κ2) is 8.92. The van der Waals surface area contributed by atoms with E-state index in [-0.39, 0.29) is 36.8 Å². The van der Waals surface area contributed by atoms with Crippen molar-refractivity contribution in [2.75, 3.05) is 13.2 Å². The number of aliphatic hydroxyl groups is 2. The molecule has 4 fully saturated rings. The molecule has 8 nitrogen and oxygen atoms in total. The van der Waals surface area contributed by atoms with Gasteiger partial charge in [0, 0.05) is 24.9 Å². The van der Waals surface area contributed by atoms with Crippen LogP contribution in [-0.2, 0) is 25.8 Å². The van der Waals surface area contributed by atoms with Crippen molar-refractivity contribution in [1.82, 2.24) is 4.90 Å². The normalized spacial score (nSPS) is 38.1. The van der Waals surface area contributed by atoms with Gasteiger partial charge in [-0.2, -0.15) is 0 Å². The highest BCUT2D eigenvalue weighted by molar-refractivity contribution is 6.06. The first-order valence-electron chi connectivity index (χ1n) is 11.6. The van der Waals surface area contributed by atoms with Crippen LogP contribution in [0.15, 0.2) is 35.5 Å². The molecule has 2 heterocycles. The van der Waals surface area contributed by atoms with Gasteiger partial charge in [0.05, 0.1) is 42.4 Å². The van der Waals surface area contributed by atoms with Crippen molar-refractivity contribution in [3.05, 3.63) is 35.9 Å².